The highest BCUT2D eigenvalue weighted by Crippen LogP contribution is 2.54. The number of nitrogens with zero attached hydrogens (tertiary/aromatic N) is 1. The van der Waals surface area contributed by atoms with E-state index in [9.17, 15) is 0 Å². The normalized spacial score (nSPS) is 12.2. The number of anilines is 3. The summed E-state index contributed by atoms with van der Waals surface area (Å²) in [5.41, 5.74) is 12.8. The second-order valence-corrected chi connectivity index (χ2v) is 12.9. The average molecular weight is 610 g/mol. The lowest BCUT2D eigenvalue weighted by molar-refractivity contribution is 0.670. The number of hydrogen-bond acceptors (Lipinski definition) is 2. The third-order valence-corrected chi connectivity index (χ3v) is 10.3. The first-order valence-electron chi connectivity index (χ1n) is 16.5. The van der Waals surface area contributed by atoms with E-state index in [1.807, 2.05) is 6.07 Å². The smallest absolute Gasteiger partial charge is 0.143 e. The van der Waals surface area contributed by atoms with Gasteiger partial charge in [0.05, 0.1) is 0 Å². The van der Waals surface area contributed by atoms with Crippen LogP contribution < -0.4 is 4.90 Å². The lowest BCUT2D eigenvalue weighted by atomic mass is 9.87. The summed E-state index contributed by atoms with van der Waals surface area (Å²) in [5, 5.41) is 10.1. The molecular formula is C46H27NO. The molecule has 11 rings (SSSR count). The zero-order valence-electron chi connectivity index (χ0n) is 25.9. The molecule has 0 bridgehead atoms. The van der Waals surface area contributed by atoms with Gasteiger partial charge in [0.1, 0.15) is 11.2 Å². The third-order valence-electron chi connectivity index (χ3n) is 10.3. The topological polar surface area (TPSA) is 16.4 Å². The Balaban J connectivity index is 1.15. The van der Waals surface area contributed by atoms with Crippen molar-refractivity contribution in [2.24, 2.45) is 0 Å². The van der Waals surface area contributed by atoms with E-state index in [0.29, 0.717) is 0 Å². The second-order valence-electron chi connectivity index (χ2n) is 12.9. The van der Waals surface area contributed by atoms with Crippen LogP contribution in [-0.2, 0) is 0 Å². The first kappa shape index (κ1) is 25.8. The Morgan fingerprint density at radius 2 is 1.02 bits per heavy atom. The van der Waals surface area contributed by atoms with Gasteiger partial charge in [-0.3, -0.25) is 0 Å². The number of furan rings is 1. The minimum atomic E-state index is 0.924. The fourth-order valence-electron chi connectivity index (χ4n) is 8.28. The number of hydrogen-bond donors (Lipinski definition) is 0. The molecule has 0 radical (unpaired) electrons. The maximum absolute atomic E-state index is 6.51. The Bertz CT molecular complexity index is 2840. The van der Waals surface area contributed by atoms with E-state index in [1.165, 1.54) is 60.1 Å². The molecule has 0 saturated heterocycles. The predicted octanol–water partition coefficient (Wildman–Crippen LogP) is 13.3. The van der Waals surface area contributed by atoms with Crippen molar-refractivity contribution in [2.75, 3.05) is 4.90 Å². The highest BCUT2D eigenvalue weighted by Gasteiger charge is 2.27. The molecule has 0 spiro atoms. The molecule has 1 aliphatic rings. The summed E-state index contributed by atoms with van der Waals surface area (Å²) in [7, 11) is 0. The molecule has 0 unspecified atom stereocenters. The monoisotopic (exact) mass is 609 g/mol. The molecule has 48 heavy (non-hydrogen) atoms. The average Bonchev–Trinajstić information content (AvgIpc) is 3.69. The van der Waals surface area contributed by atoms with Crippen molar-refractivity contribution in [1.29, 1.82) is 0 Å². The van der Waals surface area contributed by atoms with E-state index in [4.69, 9.17) is 4.42 Å². The van der Waals surface area contributed by atoms with Gasteiger partial charge in [0.15, 0.2) is 0 Å². The van der Waals surface area contributed by atoms with E-state index in [1.54, 1.807) is 0 Å². The largest absolute Gasteiger partial charge is 0.455 e. The van der Waals surface area contributed by atoms with Gasteiger partial charge < -0.3 is 9.32 Å². The van der Waals surface area contributed by atoms with Crippen LogP contribution in [0.2, 0.25) is 0 Å². The highest BCUT2D eigenvalue weighted by molar-refractivity contribution is 6.33. The van der Waals surface area contributed by atoms with Crippen molar-refractivity contribution in [3.05, 3.63) is 164 Å². The van der Waals surface area contributed by atoms with Crippen LogP contribution in [0, 0.1) is 0 Å². The minimum absolute atomic E-state index is 0.924. The number of rotatable bonds is 4. The molecule has 10 aromatic rings. The number of benzene rings is 9. The van der Waals surface area contributed by atoms with Crippen LogP contribution in [0.4, 0.5) is 17.1 Å². The fourth-order valence-corrected chi connectivity index (χ4v) is 8.28. The van der Waals surface area contributed by atoms with Crippen LogP contribution in [0.15, 0.2) is 168 Å². The molecule has 1 heterocycles. The zero-order valence-corrected chi connectivity index (χ0v) is 25.9. The van der Waals surface area contributed by atoms with Gasteiger partial charge in [-0.1, -0.05) is 115 Å². The van der Waals surface area contributed by atoms with E-state index in [-0.39, 0.29) is 0 Å². The van der Waals surface area contributed by atoms with Crippen LogP contribution >= 0.6 is 0 Å². The summed E-state index contributed by atoms with van der Waals surface area (Å²) in [6, 6.07) is 59.4. The van der Waals surface area contributed by atoms with Gasteiger partial charge >= 0.3 is 0 Å². The van der Waals surface area contributed by atoms with Crippen molar-refractivity contribution in [3.63, 3.8) is 0 Å². The summed E-state index contributed by atoms with van der Waals surface area (Å²) < 4.78 is 6.51. The molecule has 0 N–H and O–H groups in total. The molecule has 1 aliphatic carbocycles. The second kappa shape index (κ2) is 9.57. The minimum Gasteiger partial charge on any atom is -0.455 e. The Kier molecular flexibility index (Phi) is 5.14. The van der Waals surface area contributed by atoms with Gasteiger partial charge in [-0.25, -0.2) is 0 Å². The molecule has 0 saturated carbocycles. The molecule has 1 aromatic heterocycles. The molecular weight excluding hydrogens is 583 g/mol. The van der Waals surface area contributed by atoms with Crippen LogP contribution in [0.25, 0.3) is 87.6 Å². The zero-order chi connectivity index (χ0) is 31.3. The van der Waals surface area contributed by atoms with Gasteiger partial charge in [-0.15, -0.1) is 0 Å². The maximum Gasteiger partial charge on any atom is 0.143 e. The molecule has 0 aliphatic heterocycles. The molecule has 0 amide bonds. The Labute approximate surface area is 277 Å². The number of fused-ring (bicyclic) bond motifs is 6. The molecule has 0 fully saturated rings. The van der Waals surface area contributed by atoms with E-state index in [0.717, 1.165) is 44.6 Å². The van der Waals surface area contributed by atoms with Gasteiger partial charge in [0, 0.05) is 33.4 Å². The van der Waals surface area contributed by atoms with Crippen molar-refractivity contribution in [2.45, 2.75) is 0 Å². The molecule has 9 aromatic carbocycles. The first-order valence-corrected chi connectivity index (χ1v) is 16.5. The lowest BCUT2D eigenvalue weighted by Gasteiger charge is -2.26. The van der Waals surface area contributed by atoms with Crippen LogP contribution in [0.3, 0.4) is 0 Å². The van der Waals surface area contributed by atoms with Crippen molar-refractivity contribution >= 4 is 71.3 Å². The fraction of sp³-hybridized carbons (Fsp3) is 0. The Morgan fingerprint density at radius 3 is 1.85 bits per heavy atom. The summed E-state index contributed by atoms with van der Waals surface area (Å²) in [6.07, 6.45) is 0. The summed E-state index contributed by atoms with van der Waals surface area (Å²) in [5.74, 6) is 0. The van der Waals surface area contributed by atoms with Gasteiger partial charge in [-0.05, 0) is 109 Å². The highest BCUT2D eigenvalue weighted by atomic mass is 16.3. The first-order chi connectivity index (χ1) is 23.8. The van der Waals surface area contributed by atoms with Crippen LogP contribution in [0.1, 0.15) is 0 Å². The maximum atomic E-state index is 6.51. The summed E-state index contributed by atoms with van der Waals surface area (Å²) in [4.78, 5) is 2.35. The Hall–Kier alpha value is -6.38. The summed E-state index contributed by atoms with van der Waals surface area (Å²) >= 11 is 0. The van der Waals surface area contributed by atoms with Gasteiger partial charge in [0.25, 0.3) is 0 Å². The lowest BCUT2D eigenvalue weighted by Crippen LogP contribution is -2.09. The van der Waals surface area contributed by atoms with Crippen LogP contribution in [0.5, 0.6) is 0 Å². The SMILES string of the molecule is c1ccc(N(c2ccccc2)c2ccc3c(c2)-c2cc4ccc(-c5cccc6c5oc5ccccc56)c5ccc6ccc-3c2c6c45)cc1. The van der Waals surface area contributed by atoms with Crippen molar-refractivity contribution < 1.29 is 4.42 Å². The van der Waals surface area contributed by atoms with E-state index < -0.39 is 0 Å². The van der Waals surface area contributed by atoms with E-state index in [2.05, 4.69) is 163 Å². The molecule has 2 nitrogen and oxygen atoms in total. The van der Waals surface area contributed by atoms with Crippen molar-refractivity contribution in [1.82, 2.24) is 0 Å². The molecule has 2 heteroatoms. The van der Waals surface area contributed by atoms with E-state index >= 15 is 0 Å². The predicted molar refractivity (Wildman–Crippen MR) is 202 cm³/mol. The van der Waals surface area contributed by atoms with Crippen LogP contribution in [-0.4, -0.2) is 0 Å². The number of para-hydroxylation sites is 4. The molecule has 222 valence electrons. The van der Waals surface area contributed by atoms with Gasteiger partial charge in [-0.2, -0.15) is 0 Å². The summed E-state index contributed by atoms with van der Waals surface area (Å²) in [6.45, 7) is 0. The quantitative estimate of drug-likeness (QED) is 0.185. The molecule has 0 atom stereocenters. The third kappa shape index (κ3) is 3.46. The van der Waals surface area contributed by atoms with Gasteiger partial charge in [0.2, 0.25) is 0 Å². The standard InChI is InChI=1S/C46H27NO/c1-3-10-30(11-4-1)47(31-12-5-2-6-13-31)32-21-25-34-37-24-19-28-18-23-36-33(22-20-29-26-41(40(34)27-32)45(37)44(28)43(29)36)38-15-9-16-39-35-14-7-8-17-42(35)48-46(38)39/h1-27H. The van der Waals surface area contributed by atoms with Crippen molar-refractivity contribution in [3.8, 4) is 33.4 Å². The Morgan fingerprint density at radius 1 is 0.333 bits per heavy atom.